The smallest absolute Gasteiger partial charge is 0.339 e. The molecule has 0 saturated carbocycles. The minimum absolute atomic E-state index is 0.0706. The molecule has 6 heteroatoms. The molecule has 1 aliphatic heterocycles. The third-order valence-corrected chi connectivity index (χ3v) is 4.65. The van der Waals surface area contributed by atoms with Crippen LogP contribution in [-0.4, -0.2) is 34.6 Å². The number of hydrogen-bond acceptors (Lipinski definition) is 4. The number of rotatable bonds is 4. The lowest BCUT2D eigenvalue weighted by Gasteiger charge is -2.18. The van der Waals surface area contributed by atoms with Crippen molar-refractivity contribution in [2.75, 3.05) is 13.1 Å². The Morgan fingerprint density at radius 3 is 2.96 bits per heavy atom. The van der Waals surface area contributed by atoms with E-state index in [2.05, 4.69) is 0 Å². The maximum atomic E-state index is 12.6. The molecule has 0 radical (unpaired) electrons. The van der Waals surface area contributed by atoms with Gasteiger partial charge in [-0.05, 0) is 24.4 Å². The summed E-state index contributed by atoms with van der Waals surface area (Å²) in [6, 6.07) is 13.1. The van der Waals surface area contributed by atoms with Crippen molar-refractivity contribution in [1.29, 1.82) is 0 Å². The van der Waals surface area contributed by atoms with Gasteiger partial charge in [0.15, 0.2) is 0 Å². The van der Waals surface area contributed by atoms with Gasteiger partial charge < -0.3 is 18.6 Å². The van der Waals surface area contributed by atoms with E-state index in [1.165, 1.54) is 6.07 Å². The summed E-state index contributed by atoms with van der Waals surface area (Å²) in [6.45, 7) is 3.20. The van der Waals surface area contributed by atoms with Crippen molar-refractivity contribution in [3.05, 3.63) is 64.8 Å². The summed E-state index contributed by atoms with van der Waals surface area (Å²) in [5.41, 5.74) is 0.629. The molecule has 0 bridgehead atoms. The number of benzene rings is 1. The van der Waals surface area contributed by atoms with Crippen molar-refractivity contribution in [2.45, 2.75) is 26.0 Å². The molecule has 4 rings (SSSR count). The molecule has 3 aromatic rings. The van der Waals surface area contributed by atoms with Crippen LogP contribution in [0.5, 0.6) is 5.75 Å². The van der Waals surface area contributed by atoms with E-state index in [9.17, 15) is 9.59 Å². The van der Waals surface area contributed by atoms with E-state index in [4.69, 9.17) is 9.15 Å². The minimum atomic E-state index is -0.426. The number of amides is 1. The zero-order valence-electron chi connectivity index (χ0n) is 14.6. The molecule has 3 heterocycles. The SMILES string of the molecule is Cc1cc(OC2CCN(C(=O)Cn3ccc4ccccc43)C2)cc(=O)o1. The highest BCUT2D eigenvalue weighted by atomic mass is 16.5. The lowest BCUT2D eigenvalue weighted by molar-refractivity contribution is -0.131. The van der Waals surface area contributed by atoms with Gasteiger partial charge in [0.2, 0.25) is 5.91 Å². The fraction of sp³-hybridized carbons (Fsp3) is 0.300. The number of likely N-dealkylation sites (tertiary alicyclic amines) is 1. The van der Waals surface area contributed by atoms with Crippen molar-refractivity contribution in [1.82, 2.24) is 9.47 Å². The van der Waals surface area contributed by atoms with Crippen LogP contribution in [0.4, 0.5) is 0 Å². The number of para-hydroxylation sites is 1. The number of aryl methyl sites for hydroxylation is 1. The Kier molecular flexibility index (Phi) is 4.24. The Bertz CT molecular complexity index is 1000. The topological polar surface area (TPSA) is 64.7 Å². The van der Waals surface area contributed by atoms with Gasteiger partial charge in [-0.3, -0.25) is 4.79 Å². The maximum absolute atomic E-state index is 12.6. The Morgan fingerprint density at radius 1 is 1.27 bits per heavy atom. The van der Waals surface area contributed by atoms with Crippen molar-refractivity contribution in [3.63, 3.8) is 0 Å². The molecule has 1 saturated heterocycles. The van der Waals surface area contributed by atoms with Gasteiger partial charge in [-0.1, -0.05) is 18.2 Å². The molecule has 1 atom stereocenters. The molecule has 1 fully saturated rings. The summed E-state index contributed by atoms with van der Waals surface area (Å²) in [7, 11) is 0. The van der Waals surface area contributed by atoms with Crippen LogP contribution < -0.4 is 10.4 Å². The van der Waals surface area contributed by atoms with Crippen molar-refractivity contribution in [3.8, 4) is 5.75 Å². The standard InChI is InChI=1S/C20H20N2O4/c1-14-10-17(11-20(24)25-14)26-16-7-9-22(12-16)19(23)13-21-8-6-15-4-2-3-5-18(15)21/h2-6,8,10-11,16H,7,9,12-13H2,1H3. The number of ether oxygens (including phenoxy) is 1. The maximum Gasteiger partial charge on any atom is 0.339 e. The average Bonchev–Trinajstić information content (AvgIpc) is 3.22. The van der Waals surface area contributed by atoms with Crippen LogP contribution in [0.15, 0.2) is 57.9 Å². The lowest BCUT2D eigenvalue weighted by atomic mass is 10.2. The number of fused-ring (bicyclic) bond motifs is 1. The molecule has 1 aliphatic rings. The van der Waals surface area contributed by atoms with Crippen LogP contribution in [-0.2, 0) is 11.3 Å². The lowest BCUT2D eigenvalue weighted by Crippen LogP contribution is -2.33. The summed E-state index contributed by atoms with van der Waals surface area (Å²) in [6.07, 6.45) is 2.58. The Morgan fingerprint density at radius 2 is 2.12 bits per heavy atom. The molecule has 1 unspecified atom stereocenters. The number of carbonyl (C=O) groups excluding carboxylic acids is 1. The third-order valence-electron chi connectivity index (χ3n) is 4.65. The second kappa shape index (κ2) is 6.71. The molecular formula is C20H20N2O4. The van der Waals surface area contributed by atoms with Crippen LogP contribution in [0.3, 0.4) is 0 Å². The second-order valence-corrected chi connectivity index (χ2v) is 6.59. The van der Waals surface area contributed by atoms with Gasteiger partial charge in [0.25, 0.3) is 0 Å². The quantitative estimate of drug-likeness (QED) is 0.724. The van der Waals surface area contributed by atoms with Crippen molar-refractivity contribution >= 4 is 16.8 Å². The second-order valence-electron chi connectivity index (χ2n) is 6.59. The Labute approximate surface area is 150 Å². The first kappa shape index (κ1) is 16.4. The van der Waals surface area contributed by atoms with Crippen LogP contribution in [0.1, 0.15) is 12.2 Å². The Hall–Kier alpha value is -3.02. The van der Waals surface area contributed by atoms with Crippen LogP contribution in [0, 0.1) is 6.92 Å². The van der Waals surface area contributed by atoms with Crippen LogP contribution >= 0.6 is 0 Å². The monoisotopic (exact) mass is 352 g/mol. The summed E-state index contributed by atoms with van der Waals surface area (Å²) < 4.78 is 12.8. The highest BCUT2D eigenvalue weighted by Gasteiger charge is 2.28. The predicted octanol–water partition coefficient (Wildman–Crippen LogP) is 2.58. The molecule has 26 heavy (non-hydrogen) atoms. The van der Waals surface area contributed by atoms with Crippen LogP contribution in [0.2, 0.25) is 0 Å². The predicted molar refractivity (Wildman–Crippen MR) is 97.3 cm³/mol. The third kappa shape index (κ3) is 3.35. The summed E-state index contributed by atoms with van der Waals surface area (Å²) >= 11 is 0. The molecular weight excluding hydrogens is 332 g/mol. The molecule has 1 aromatic carbocycles. The van der Waals surface area contributed by atoms with Crippen molar-refractivity contribution < 1.29 is 13.9 Å². The number of nitrogens with zero attached hydrogens (tertiary/aromatic N) is 2. The number of hydrogen-bond donors (Lipinski definition) is 0. The first-order chi connectivity index (χ1) is 12.6. The summed E-state index contributed by atoms with van der Waals surface area (Å²) in [5.74, 6) is 1.08. The highest BCUT2D eigenvalue weighted by molar-refractivity contribution is 5.83. The first-order valence-electron chi connectivity index (χ1n) is 8.68. The molecule has 0 aliphatic carbocycles. The molecule has 1 amide bonds. The normalized spacial score (nSPS) is 17.0. The number of carbonyl (C=O) groups is 1. The van der Waals surface area contributed by atoms with E-state index in [1.54, 1.807) is 13.0 Å². The minimum Gasteiger partial charge on any atom is -0.488 e. The van der Waals surface area contributed by atoms with E-state index in [0.29, 0.717) is 31.1 Å². The van der Waals surface area contributed by atoms with Gasteiger partial charge in [-0.2, -0.15) is 0 Å². The van der Waals surface area contributed by atoms with E-state index in [-0.39, 0.29) is 12.0 Å². The van der Waals surface area contributed by atoms with Gasteiger partial charge in [0.05, 0.1) is 12.6 Å². The molecule has 134 valence electrons. The van der Waals surface area contributed by atoms with Gasteiger partial charge in [-0.25, -0.2) is 4.79 Å². The average molecular weight is 352 g/mol. The van der Waals surface area contributed by atoms with Crippen molar-refractivity contribution in [2.24, 2.45) is 0 Å². The molecule has 2 aromatic heterocycles. The van der Waals surface area contributed by atoms with Gasteiger partial charge in [-0.15, -0.1) is 0 Å². The Balaban J connectivity index is 1.40. The summed E-state index contributed by atoms with van der Waals surface area (Å²) in [5, 5.41) is 1.13. The zero-order valence-corrected chi connectivity index (χ0v) is 14.6. The van der Waals surface area contributed by atoms with E-state index in [0.717, 1.165) is 17.3 Å². The largest absolute Gasteiger partial charge is 0.488 e. The summed E-state index contributed by atoms with van der Waals surface area (Å²) in [4.78, 5) is 25.9. The highest BCUT2D eigenvalue weighted by Crippen LogP contribution is 2.20. The molecule has 0 N–H and O–H groups in total. The van der Waals surface area contributed by atoms with E-state index < -0.39 is 5.63 Å². The van der Waals surface area contributed by atoms with E-state index in [1.807, 2.05) is 46.0 Å². The van der Waals surface area contributed by atoms with Gasteiger partial charge >= 0.3 is 5.63 Å². The first-order valence-corrected chi connectivity index (χ1v) is 8.68. The molecule has 0 spiro atoms. The fourth-order valence-corrected chi connectivity index (χ4v) is 3.41. The fourth-order valence-electron chi connectivity index (χ4n) is 3.41. The number of aromatic nitrogens is 1. The molecule has 6 nitrogen and oxygen atoms in total. The zero-order chi connectivity index (χ0) is 18.1. The van der Waals surface area contributed by atoms with Gasteiger partial charge in [0.1, 0.15) is 24.2 Å². The van der Waals surface area contributed by atoms with E-state index >= 15 is 0 Å². The van der Waals surface area contributed by atoms with Crippen LogP contribution in [0.25, 0.3) is 10.9 Å². The van der Waals surface area contributed by atoms with Gasteiger partial charge in [0, 0.05) is 30.7 Å².